The van der Waals surface area contributed by atoms with Crippen LogP contribution < -0.4 is 0 Å². The highest BCUT2D eigenvalue weighted by Crippen LogP contribution is 2.37. The van der Waals surface area contributed by atoms with Gasteiger partial charge in [-0.3, -0.25) is 4.90 Å². The molecule has 2 heteroatoms. The molecule has 0 aliphatic heterocycles. The van der Waals surface area contributed by atoms with Crippen molar-refractivity contribution < 1.29 is 5.11 Å². The van der Waals surface area contributed by atoms with Gasteiger partial charge < -0.3 is 5.11 Å². The molecule has 0 bridgehead atoms. The van der Waals surface area contributed by atoms with Crippen molar-refractivity contribution in [3.8, 4) is 0 Å². The van der Waals surface area contributed by atoms with E-state index in [1.54, 1.807) is 0 Å². The summed E-state index contributed by atoms with van der Waals surface area (Å²) < 4.78 is 0. The van der Waals surface area contributed by atoms with Gasteiger partial charge in [-0.05, 0) is 50.4 Å². The van der Waals surface area contributed by atoms with Gasteiger partial charge in [-0.1, -0.05) is 6.42 Å². The number of aliphatic hydroxyl groups is 1. The quantitative estimate of drug-likeness (QED) is 0.749. The van der Waals surface area contributed by atoms with E-state index in [1.165, 1.54) is 51.6 Å². The van der Waals surface area contributed by atoms with Gasteiger partial charge in [0.1, 0.15) is 0 Å². The van der Waals surface area contributed by atoms with Crippen LogP contribution in [0.25, 0.3) is 0 Å². The predicted molar refractivity (Wildman–Crippen MR) is 60.7 cm³/mol. The van der Waals surface area contributed by atoms with E-state index in [4.69, 9.17) is 0 Å². The van der Waals surface area contributed by atoms with E-state index in [0.717, 1.165) is 18.4 Å². The van der Waals surface area contributed by atoms with Crippen molar-refractivity contribution >= 4 is 0 Å². The number of hydrogen-bond donors (Lipinski definition) is 1. The first-order valence-corrected chi connectivity index (χ1v) is 6.75. The summed E-state index contributed by atoms with van der Waals surface area (Å²) in [5, 5.41) is 9.86. The van der Waals surface area contributed by atoms with Crippen LogP contribution in [0.4, 0.5) is 0 Å². The Morgan fingerprint density at radius 1 is 0.933 bits per heavy atom. The predicted octanol–water partition coefficient (Wildman–Crippen LogP) is 2.02. The number of rotatable bonds is 5. The van der Waals surface area contributed by atoms with Gasteiger partial charge in [-0.2, -0.15) is 0 Å². The Kier molecular flexibility index (Phi) is 2.73. The fourth-order valence-corrected chi connectivity index (χ4v) is 2.98. The van der Waals surface area contributed by atoms with Gasteiger partial charge in [0.05, 0.1) is 6.10 Å². The second kappa shape index (κ2) is 4.06. The second-order valence-corrected chi connectivity index (χ2v) is 5.89. The van der Waals surface area contributed by atoms with Crippen LogP contribution in [-0.4, -0.2) is 35.2 Å². The summed E-state index contributed by atoms with van der Waals surface area (Å²) >= 11 is 0. The van der Waals surface area contributed by atoms with Crippen LogP contribution in [0.3, 0.4) is 0 Å². The van der Waals surface area contributed by atoms with Gasteiger partial charge in [0, 0.05) is 19.1 Å². The molecule has 0 radical (unpaired) electrons. The Labute approximate surface area is 92.7 Å². The van der Waals surface area contributed by atoms with Crippen LogP contribution in [-0.2, 0) is 0 Å². The van der Waals surface area contributed by atoms with Crippen molar-refractivity contribution in [1.29, 1.82) is 0 Å². The molecule has 3 rings (SSSR count). The van der Waals surface area contributed by atoms with Crippen molar-refractivity contribution in [2.24, 2.45) is 11.8 Å². The zero-order valence-electron chi connectivity index (χ0n) is 9.57. The Balaban J connectivity index is 1.52. The molecule has 2 nitrogen and oxygen atoms in total. The number of aliphatic hydroxyl groups excluding tert-OH is 1. The van der Waals surface area contributed by atoms with E-state index in [0.29, 0.717) is 5.92 Å². The lowest BCUT2D eigenvalue weighted by Gasteiger charge is -2.26. The molecule has 2 unspecified atom stereocenters. The maximum absolute atomic E-state index is 9.86. The van der Waals surface area contributed by atoms with Crippen molar-refractivity contribution in [2.75, 3.05) is 13.1 Å². The Bertz CT molecular complexity index is 223. The Hall–Kier alpha value is -0.0800. The SMILES string of the molecule is OC1CCCC1CN(CC1CC1)C1CC1. The number of hydrogen-bond acceptors (Lipinski definition) is 2. The Morgan fingerprint density at radius 3 is 2.27 bits per heavy atom. The summed E-state index contributed by atoms with van der Waals surface area (Å²) in [7, 11) is 0. The molecule has 2 atom stereocenters. The molecule has 3 aliphatic carbocycles. The summed E-state index contributed by atoms with van der Waals surface area (Å²) in [4.78, 5) is 2.69. The maximum Gasteiger partial charge on any atom is 0.0580 e. The highest BCUT2D eigenvalue weighted by molar-refractivity contribution is 4.91. The van der Waals surface area contributed by atoms with Crippen LogP contribution in [0.2, 0.25) is 0 Å². The van der Waals surface area contributed by atoms with Gasteiger partial charge in [0.2, 0.25) is 0 Å². The van der Waals surface area contributed by atoms with Crippen LogP contribution in [0, 0.1) is 11.8 Å². The molecule has 1 N–H and O–H groups in total. The molecule has 0 aromatic heterocycles. The van der Waals surface area contributed by atoms with Crippen LogP contribution in [0.5, 0.6) is 0 Å². The molecule has 0 saturated heterocycles. The third-order valence-electron chi connectivity index (χ3n) is 4.34. The number of nitrogens with zero attached hydrogens (tertiary/aromatic N) is 1. The molecule has 0 spiro atoms. The lowest BCUT2D eigenvalue weighted by Crippen LogP contribution is -2.35. The summed E-state index contributed by atoms with van der Waals surface area (Å²) in [6.07, 6.45) is 9.29. The third-order valence-corrected chi connectivity index (χ3v) is 4.34. The van der Waals surface area contributed by atoms with Crippen molar-refractivity contribution in [3.05, 3.63) is 0 Å². The molecule has 3 saturated carbocycles. The van der Waals surface area contributed by atoms with E-state index in [9.17, 15) is 5.11 Å². The lowest BCUT2D eigenvalue weighted by atomic mass is 10.1. The highest BCUT2D eigenvalue weighted by atomic mass is 16.3. The van der Waals surface area contributed by atoms with E-state index in [1.807, 2.05) is 0 Å². The topological polar surface area (TPSA) is 23.5 Å². The molecule has 0 amide bonds. The Morgan fingerprint density at radius 2 is 1.73 bits per heavy atom. The molecule has 86 valence electrons. The van der Waals surface area contributed by atoms with Gasteiger partial charge >= 0.3 is 0 Å². The summed E-state index contributed by atoms with van der Waals surface area (Å²) in [6.45, 7) is 2.51. The van der Waals surface area contributed by atoms with Crippen LogP contribution >= 0.6 is 0 Å². The minimum absolute atomic E-state index is 0.00505. The van der Waals surface area contributed by atoms with E-state index in [-0.39, 0.29) is 6.10 Å². The fourth-order valence-electron chi connectivity index (χ4n) is 2.98. The minimum Gasteiger partial charge on any atom is -0.393 e. The van der Waals surface area contributed by atoms with Gasteiger partial charge in [0.15, 0.2) is 0 Å². The van der Waals surface area contributed by atoms with Crippen LogP contribution in [0.1, 0.15) is 44.9 Å². The molecular formula is C13H23NO. The minimum atomic E-state index is 0.00505. The third kappa shape index (κ3) is 2.54. The summed E-state index contributed by atoms with van der Waals surface area (Å²) in [5.41, 5.74) is 0. The first-order valence-electron chi connectivity index (χ1n) is 6.75. The maximum atomic E-state index is 9.86. The lowest BCUT2D eigenvalue weighted by molar-refractivity contribution is 0.0974. The van der Waals surface area contributed by atoms with Gasteiger partial charge in [-0.15, -0.1) is 0 Å². The zero-order valence-corrected chi connectivity index (χ0v) is 9.57. The highest BCUT2D eigenvalue weighted by Gasteiger charge is 2.36. The molecule has 3 fully saturated rings. The zero-order chi connectivity index (χ0) is 10.3. The molecule has 3 aliphatic rings. The van der Waals surface area contributed by atoms with Gasteiger partial charge in [-0.25, -0.2) is 0 Å². The molecular weight excluding hydrogens is 186 g/mol. The summed E-state index contributed by atoms with van der Waals surface area (Å²) in [5.74, 6) is 1.59. The van der Waals surface area contributed by atoms with Crippen molar-refractivity contribution in [2.45, 2.75) is 57.1 Å². The first-order chi connectivity index (χ1) is 7.33. The summed E-state index contributed by atoms with van der Waals surface area (Å²) in [6, 6.07) is 0.887. The standard InChI is InChI=1S/C13H23NO/c15-13-3-1-2-11(13)9-14(12-6-7-12)8-10-4-5-10/h10-13,15H,1-9H2. The first kappa shape index (κ1) is 10.1. The molecule has 0 aromatic carbocycles. The average molecular weight is 209 g/mol. The van der Waals surface area contributed by atoms with E-state index < -0.39 is 0 Å². The van der Waals surface area contributed by atoms with E-state index >= 15 is 0 Å². The molecule has 0 aromatic rings. The molecule has 0 heterocycles. The normalized spacial score (nSPS) is 36.4. The largest absolute Gasteiger partial charge is 0.393 e. The van der Waals surface area contributed by atoms with Crippen LogP contribution in [0.15, 0.2) is 0 Å². The van der Waals surface area contributed by atoms with Crippen molar-refractivity contribution in [1.82, 2.24) is 4.90 Å². The second-order valence-electron chi connectivity index (χ2n) is 5.89. The van der Waals surface area contributed by atoms with E-state index in [2.05, 4.69) is 4.90 Å². The smallest absolute Gasteiger partial charge is 0.0580 e. The monoisotopic (exact) mass is 209 g/mol. The fraction of sp³-hybridized carbons (Fsp3) is 1.00. The molecule has 15 heavy (non-hydrogen) atoms. The average Bonchev–Trinajstić information content (AvgIpc) is 3.10. The van der Waals surface area contributed by atoms with Crippen molar-refractivity contribution in [3.63, 3.8) is 0 Å². The van der Waals surface area contributed by atoms with Gasteiger partial charge in [0.25, 0.3) is 0 Å².